The summed E-state index contributed by atoms with van der Waals surface area (Å²) in [7, 11) is -9.73. The number of unbranched alkanes of at least 4 members (excludes halogenated alkanes) is 5. The molecule has 0 rings (SSSR count). The van der Waals surface area contributed by atoms with Crippen molar-refractivity contribution in [2.75, 3.05) is 26.4 Å². The lowest BCUT2D eigenvalue weighted by molar-refractivity contribution is -0.161. The highest BCUT2D eigenvalue weighted by molar-refractivity contribution is 7.47. The Hall–Kier alpha value is -3.26. The van der Waals surface area contributed by atoms with Crippen molar-refractivity contribution in [1.29, 1.82) is 0 Å². The molecule has 0 aromatic heterocycles. The molecule has 14 nitrogen and oxygen atoms in total. The first-order valence-electron chi connectivity index (χ1n) is 21.7. The summed E-state index contributed by atoms with van der Waals surface area (Å²) in [5.41, 5.74) is 0. The fourth-order valence-electron chi connectivity index (χ4n) is 4.85. The van der Waals surface area contributed by atoms with Crippen LogP contribution in [0.25, 0.3) is 0 Å². The number of ether oxygens (including phenoxy) is 2. The number of aliphatic hydroxyl groups is 2. The number of hydrogen-bond donors (Lipinski definition) is 5. The molecule has 0 aromatic carbocycles. The number of carbonyl (C=O) groups is 2. The predicted octanol–water partition coefficient (Wildman–Crippen LogP) is 10.1. The maximum absolute atomic E-state index is 12.6. The molecule has 0 aliphatic heterocycles. The lowest BCUT2D eigenvalue weighted by Crippen LogP contribution is -2.29. The van der Waals surface area contributed by atoms with Crippen molar-refractivity contribution >= 4 is 27.6 Å². The highest BCUT2D eigenvalue weighted by Crippen LogP contribution is 2.43. The Morgan fingerprint density at radius 3 is 1.48 bits per heavy atom. The van der Waals surface area contributed by atoms with Crippen molar-refractivity contribution in [2.45, 2.75) is 141 Å². The van der Waals surface area contributed by atoms with Gasteiger partial charge in [0.25, 0.3) is 0 Å². The Labute approximate surface area is 370 Å². The molecule has 0 aliphatic rings. The third kappa shape index (κ3) is 43.4. The van der Waals surface area contributed by atoms with E-state index in [1.807, 2.05) is 49.5 Å². The van der Waals surface area contributed by atoms with E-state index in [-0.39, 0.29) is 12.8 Å². The average molecular weight is 913 g/mol. The van der Waals surface area contributed by atoms with Crippen LogP contribution in [0.1, 0.15) is 123 Å². The largest absolute Gasteiger partial charge is 0.472 e. The number of esters is 2. The molecule has 0 radical (unpaired) electrons. The van der Waals surface area contributed by atoms with Gasteiger partial charge in [-0.25, -0.2) is 9.13 Å². The lowest BCUT2D eigenvalue weighted by atomic mass is 10.2. The average Bonchev–Trinajstić information content (AvgIpc) is 3.23. The minimum Gasteiger partial charge on any atom is -0.462 e. The highest BCUT2D eigenvalue weighted by atomic mass is 31.2. The fraction of sp³-hybridized carbons (Fsp3) is 0.565. The zero-order valence-corrected chi connectivity index (χ0v) is 38.6. The van der Waals surface area contributed by atoms with Crippen LogP contribution in [0.4, 0.5) is 0 Å². The molecule has 62 heavy (non-hydrogen) atoms. The van der Waals surface area contributed by atoms with Gasteiger partial charge in [0, 0.05) is 12.8 Å². The summed E-state index contributed by atoms with van der Waals surface area (Å²) < 4.78 is 47.6. The van der Waals surface area contributed by atoms with Gasteiger partial charge in [-0.3, -0.25) is 23.2 Å². The van der Waals surface area contributed by atoms with Crippen LogP contribution in [-0.4, -0.2) is 81.6 Å². The number of rotatable bonds is 39. The van der Waals surface area contributed by atoms with E-state index in [0.29, 0.717) is 32.1 Å². The summed E-state index contributed by atoms with van der Waals surface area (Å²) in [6, 6.07) is 0. The van der Waals surface area contributed by atoms with Crippen LogP contribution in [0.2, 0.25) is 0 Å². The molecule has 4 atom stereocenters. The molecule has 1 unspecified atom stereocenters. The molecule has 0 bridgehead atoms. The van der Waals surface area contributed by atoms with Crippen molar-refractivity contribution in [3.05, 3.63) is 109 Å². The molecule has 0 heterocycles. The molecule has 0 spiro atoms. The van der Waals surface area contributed by atoms with Crippen LogP contribution in [0.3, 0.4) is 0 Å². The normalized spacial score (nSPS) is 15.5. The minimum atomic E-state index is -4.88. The van der Waals surface area contributed by atoms with E-state index in [1.54, 1.807) is 6.08 Å². The number of aliphatic hydroxyl groups excluding tert-OH is 2. The summed E-state index contributed by atoms with van der Waals surface area (Å²) in [4.78, 5) is 52.6. The van der Waals surface area contributed by atoms with Crippen LogP contribution in [0, 0.1) is 0 Å². The van der Waals surface area contributed by atoms with E-state index in [4.69, 9.17) is 23.8 Å². The van der Waals surface area contributed by atoms with Crippen LogP contribution in [-0.2, 0) is 41.8 Å². The van der Waals surface area contributed by atoms with E-state index >= 15 is 0 Å². The summed E-state index contributed by atoms with van der Waals surface area (Å²) >= 11 is 0. The van der Waals surface area contributed by atoms with Gasteiger partial charge in [0.05, 0.1) is 25.9 Å². The van der Waals surface area contributed by atoms with Gasteiger partial charge in [0.2, 0.25) is 0 Å². The van der Waals surface area contributed by atoms with Crippen molar-refractivity contribution < 1.29 is 66.7 Å². The Morgan fingerprint density at radius 1 is 0.532 bits per heavy atom. The lowest BCUT2D eigenvalue weighted by Gasteiger charge is -2.20. The monoisotopic (exact) mass is 912 g/mol. The Kier molecular flexibility index (Phi) is 38.4. The van der Waals surface area contributed by atoms with E-state index < -0.39 is 72.3 Å². The van der Waals surface area contributed by atoms with Crippen LogP contribution < -0.4 is 0 Å². The first kappa shape index (κ1) is 58.7. The van der Waals surface area contributed by atoms with Gasteiger partial charge in [-0.1, -0.05) is 136 Å². The van der Waals surface area contributed by atoms with E-state index in [1.165, 1.54) is 19.3 Å². The molecule has 0 fully saturated rings. The number of phosphoric acid groups is 2. The number of allylic oxidation sites excluding steroid dienone is 17. The number of hydrogen-bond acceptors (Lipinski definition) is 11. The maximum atomic E-state index is 12.6. The molecule has 0 saturated carbocycles. The van der Waals surface area contributed by atoms with Gasteiger partial charge in [-0.15, -0.1) is 0 Å². The van der Waals surface area contributed by atoms with E-state index in [2.05, 4.69) is 76.7 Å². The molecule has 0 aliphatic carbocycles. The van der Waals surface area contributed by atoms with Crippen molar-refractivity contribution in [2.24, 2.45) is 0 Å². The second-order valence-electron chi connectivity index (χ2n) is 14.1. The Balaban J connectivity index is 4.75. The quantitative estimate of drug-likeness (QED) is 0.0128. The molecule has 0 amide bonds. The second kappa shape index (κ2) is 40.5. The molecular formula is C46H74O14P2. The molecule has 0 aromatic rings. The van der Waals surface area contributed by atoms with Crippen LogP contribution in [0.15, 0.2) is 109 Å². The topological polar surface area (TPSA) is 216 Å². The third-order valence-electron chi connectivity index (χ3n) is 8.29. The molecule has 352 valence electrons. The Morgan fingerprint density at radius 2 is 0.984 bits per heavy atom. The number of phosphoric ester groups is 2. The predicted molar refractivity (Wildman–Crippen MR) is 245 cm³/mol. The van der Waals surface area contributed by atoms with E-state index in [9.17, 15) is 33.8 Å². The van der Waals surface area contributed by atoms with Gasteiger partial charge in [-0.05, 0) is 83.5 Å². The third-order valence-corrected chi connectivity index (χ3v) is 9.73. The number of carbonyl (C=O) groups excluding carboxylic acids is 2. The maximum Gasteiger partial charge on any atom is 0.472 e. The molecule has 16 heteroatoms. The van der Waals surface area contributed by atoms with Gasteiger partial charge in [0.15, 0.2) is 6.10 Å². The Bertz CT molecular complexity index is 1520. The van der Waals surface area contributed by atoms with Gasteiger partial charge >= 0.3 is 27.6 Å². The summed E-state index contributed by atoms with van der Waals surface area (Å²) in [6.07, 6.45) is 46.2. The van der Waals surface area contributed by atoms with Crippen LogP contribution >= 0.6 is 15.6 Å². The first-order chi connectivity index (χ1) is 29.8. The van der Waals surface area contributed by atoms with Crippen molar-refractivity contribution in [3.8, 4) is 0 Å². The van der Waals surface area contributed by atoms with Gasteiger partial charge in [-0.2, -0.15) is 0 Å². The molecular weight excluding hydrogens is 838 g/mol. The zero-order valence-electron chi connectivity index (χ0n) is 36.8. The van der Waals surface area contributed by atoms with Crippen molar-refractivity contribution in [3.63, 3.8) is 0 Å². The highest BCUT2D eigenvalue weighted by Gasteiger charge is 2.28. The first-order valence-corrected chi connectivity index (χ1v) is 24.7. The fourth-order valence-corrected chi connectivity index (χ4v) is 6.01. The smallest absolute Gasteiger partial charge is 0.462 e. The van der Waals surface area contributed by atoms with E-state index in [0.717, 1.165) is 44.9 Å². The minimum absolute atomic E-state index is 0.0294. The summed E-state index contributed by atoms with van der Waals surface area (Å²) in [5, 5.41) is 19.2. The SMILES string of the molecule is CCCCC/C=C\C/C=C\C/C=C\C/C=C\CCCC(=O)O[C@H](COC(=O)CCC/C=C\C/C=C\C/C=C\C/C=C\C=C\[C@@H](O)CC)COP(=O)(O)OC[C@@H](O)COP(=O)(O)O. The zero-order chi connectivity index (χ0) is 46.0. The second-order valence-corrected chi connectivity index (χ2v) is 16.8. The summed E-state index contributed by atoms with van der Waals surface area (Å²) in [6.45, 7) is 1.24. The van der Waals surface area contributed by atoms with Gasteiger partial charge < -0.3 is 34.4 Å². The van der Waals surface area contributed by atoms with Gasteiger partial charge in [0.1, 0.15) is 12.7 Å². The van der Waals surface area contributed by atoms with Crippen LogP contribution in [0.5, 0.6) is 0 Å². The molecule has 5 N–H and O–H groups in total. The molecule has 0 saturated heterocycles. The van der Waals surface area contributed by atoms with Crippen molar-refractivity contribution in [1.82, 2.24) is 0 Å². The summed E-state index contributed by atoms with van der Waals surface area (Å²) in [5.74, 6) is -1.20. The standard InChI is InChI=1S/C46H74O14P2/c1-3-5-6-7-8-9-10-11-12-13-14-19-22-25-28-31-34-37-46(50)60-44(41-59-62(54,55)58-39-43(48)38-57-61(51,52)53)40-56-45(49)36-33-30-27-24-21-18-16-15-17-20-23-26-29-32-35-42(47)4-2/h8-9,11-12,14,16-20,24-29,32,35,42-44,47-48H,3-7,10,13,15,21-23,30-31,33-34,36-41H2,1-2H3,(H,54,55)(H2,51,52,53)/b9-8-,12-11-,18-16-,19-14-,20-17-,27-24-,28-25-,29-26-,35-32+/t42-,43-,44+/m0/s1.